The van der Waals surface area contributed by atoms with Crippen LogP contribution < -0.4 is 0 Å². The first kappa shape index (κ1) is 15.9. The van der Waals surface area contributed by atoms with E-state index in [2.05, 4.69) is 25.7 Å². The van der Waals surface area contributed by atoms with Crippen molar-refractivity contribution in [2.24, 2.45) is 0 Å². The van der Waals surface area contributed by atoms with Crippen molar-refractivity contribution in [2.75, 3.05) is 0 Å². The van der Waals surface area contributed by atoms with Crippen LogP contribution in [0.1, 0.15) is 33.6 Å². The molecule has 0 aromatic heterocycles. The maximum absolute atomic E-state index is 10.1. The summed E-state index contributed by atoms with van der Waals surface area (Å²) in [5, 5.41) is 19.3. The average Bonchev–Trinajstić information content (AvgIpc) is 1.97. The Morgan fingerprint density at radius 2 is 1.81 bits per heavy atom. The van der Waals surface area contributed by atoms with E-state index in [4.69, 9.17) is 0 Å². The second kappa shape index (κ2) is 5.99. The lowest BCUT2D eigenvalue weighted by Gasteiger charge is -2.27. The third kappa shape index (κ3) is 8.08. The van der Waals surface area contributed by atoms with Crippen LogP contribution >= 0.6 is 0 Å². The van der Waals surface area contributed by atoms with Gasteiger partial charge >= 0.3 is 0 Å². The van der Waals surface area contributed by atoms with Crippen molar-refractivity contribution in [1.29, 1.82) is 0 Å². The SMILES string of the molecule is CC(O)CC/C=C(\C[Si](C)(C)C)C(C)(C)O. The quantitative estimate of drug-likeness (QED) is 0.556. The monoisotopic (exact) mass is 244 g/mol. The lowest BCUT2D eigenvalue weighted by atomic mass is 9.98. The summed E-state index contributed by atoms with van der Waals surface area (Å²) in [6, 6.07) is 1.02. The number of hydrogen-bond acceptors (Lipinski definition) is 2. The lowest BCUT2D eigenvalue weighted by Crippen LogP contribution is -2.29. The zero-order valence-electron chi connectivity index (χ0n) is 11.7. The minimum Gasteiger partial charge on any atom is -0.393 e. The zero-order chi connectivity index (χ0) is 13.0. The van der Waals surface area contributed by atoms with Crippen molar-refractivity contribution in [3.05, 3.63) is 11.6 Å². The molecule has 0 bridgehead atoms. The van der Waals surface area contributed by atoms with Crippen LogP contribution in [0.3, 0.4) is 0 Å². The molecule has 16 heavy (non-hydrogen) atoms. The first-order valence-electron chi connectivity index (χ1n) is 6.12. The molecule has 0 amide bonds. The molecular formula is C13H28O2Si. The molecule has 0 saturated heterocycles. The Balaban J connectivity index is 4.56. The molecule has 96 valence electrons. The summed E-state index contributed by atoms with van der Waals surface area (Å²) in [6.45, 7) is 12.4. The van der Waals surface area contributed by atoms with E-state index in [1.807, 2.05) is 13.8 Å². The van der Waals surface area contributed by atoms with E-state index in [-0.39, 0.29) is 6.10 Å². The van der Waals surface area contributed by atoms with Crippen molar-refractivity contribution in [1.82, 2.24) is 0 Å². The van der Waals surface area contributed by atoms with Gasteiger partial charge in [-0.05, 0) is 45.2 Å². The number of rotatable bonds is 6. The molecule has 0 aromatic rings. The maximum atomic E-state index is 10.1. The molecule has 0 aliphatic carbocycles. The molecule has 0 saturated carbocycles. The molecule has 1 atom stereocenters. The van der Waals surface area contributed by atoms with E-state index >= 15 is 0 Å². The molecule has 0 rings (SSSR count). The van der Waals surface area contributed by atoms with Crippen LogP contribution in [0, 0.1) is 0 Å². The van der Waals surface area contributed by atoms with E-state index in [1.165, 1.54) is 0 Å². The molecule has 0 aliphatic rings. The van der Waals surface area contributed by atoms with E-state index in [0.717, 1.165) is 24.5 Å². The van der Waals surface area contributed by atoms with Crippen LogP contribution in [0.2, 0.25) is 25.7 Å². The van der Waals surface area contributed by atoms with Crippen LogP contribution in [-0.4, -0.2) is 30.0 Å². The summed E-state index contributed by atoms with van der Waals surface area (Å²) in [4.78, 5) is 0. The fourth-order valence-corrected chi connectivity index (χ4v) is 3.33. The topological polar surface area (TPSA) is 40.5 Å². The third-order valence-electron chi connectivity index (χ3n) is 2.48. The van der Waals surface area contributed by atoms with Gasteiger partial charge in [0.1, 0.15) is 0 Å². The fraction of sp³-hybridized carbons (Fsp3) is 0.846. The zero-order valence-corrected chi connectivity index (χ0v) is 12.7. The summed E-state index contributed by atoms with van der Waals surface area (Å²) < 4.78 is 0. The van der Waals surface area contributed by atoms with Gasteiger partial charge in [0, 0.05) is 8.07 Å². The Bertz CT molecular complexity index is 231. The first-order valence-corrected chi connectivity index (χ1v) is 9.83. The van der Waals surface area contributed by atoms with E-state index in [0.29, 0.717) is 0 Å². The van der Waals surface area contributed by atoms with Crippen LogP contribution in [-0.2, 0) is 0 Å². The third-order valence-corrected chi connectivity index (χ3v) is 3.92. The smallest absolute Gasteiger partial charge is 0.0797 e. The van der Waals surface area contributed by atoms with Gasteiger partial charge in [0.15, 0.2) is 0 Å². The molecule has 0 aliphatic heterocycles. The lowest BCUT2D eigenvalue weighted by molar-refractivity contribution is 0.119. The second-order valence-electron chi connectivity index (χ2n) is 6.45. The van der Waals surface area contributed by atoms with E-state index in [1.54, 1.807) is 6.92 Å². The molecule has 0 aromatic carbocycles. The molecule has 1 unspecified atom stereocenters. The maximum Gasteiger partial charge on any atom is 0.0797 e. The van der Waals surface area contributed by atoms with E-state index in [9.17, 15) is 10.2 Å². The van der Waals surface area contributed by atoms with Crippen molar-refractivity contribution in [2.45, 2.75) is 71.0 Å². The largest absolute Gasteiger partial charge is 0.393 e. The number of allylic oxidation sites excluding steroid dienone is 1. The highest BCUT2D eigenvalue weighted by Crippen LogP contribution is 2.26. The molecule has 0 spiro atoms. The molecule has 2 nitrogen and oxygen atoms in total. The van der Waals surface area contributed by atoms with Gasteiger partial charge in [0.25, 0.3) is 0 Å². The van der Waals surface area contributed by atoms with Crippen molar-refractivity contribution in [3.8, 4) is 0 Å². The Morgan fingerprint density at radius 1 is 1.31 bits per heavy atom. The molecule has 0 radical (unpaired) electrons. The summed E-state index contributed by atoms with van der Waals surface area (Å²) in [5.41, 5.74) is 0.409. The summed E-state index contributed by atoms with van der Waals surface area (Å²) in [7, 11) is -1.20. The van der Waals surface area contributed by atoms with Crippen molar-refractivity contribution < 1.29 is 10.2 Å². The Hall–Kier alpha value is -0.123. The van der Waals surface area contributed by atoms with E-state index < -0.39 is 13.7 Å². The van der Waals surface area contributed by atoms with Gasteiger partial charge < -0.3 is 10.2 Å². The van der Waals surface area contributed by atoms with Gasteiger partial charge in [0.05, 0.1) is 11.7 Å². The molecule has 3 heteroatoms. The predicted octanol–water partition coefficient (Wildman–Crippen LogP) is 3.18. The highest BCUT2D eigenvalue weighted by atomic mass is 28.3. The highest BCUT2D eigenvalue weighted by molar-refractivity contribution is 6.76. The van der Waals surface area contributed by atoms with Crippen LogP contribution in [0.4, 0.5) is 0 Å². The normalized spacial score (nSPS) is 16.4. The van der Waals surface area contributed by atoms with Crippen LogP contribution in [0.25, 0.3) is 0 Å². The Morgan fingerprint density at radius 3 is 2.12 bits per heavy atom. The van der Waals surface area contributed by atoms with Gasteiger partial charge in [-0.15, -0.1) is 0 Å². The van der Waals surface area contributed by atoms with Gasteiger partial charge in [-0.3, -0.25) is 0 Å². The van der Waals surface area contributed by atoms with Gasteiger partial charge in [0.2, 0.25) is 0 Å². The van der Waals surface area contributed by atoms with Crippen LogP contribution in [0.15, 0.2) is 11.6 Å². The highest BCUT2D eigenvalue weighted by Gasteiger charge is 2.25. The van der Waals surface area contributed by atoms with Gasteiger partial charge in [-0.1, -0.05) is 25.7 Å². The predicted molar refractivity (Wildman–Crippen MR) is 73.4 cm³/mol. The standard InChI is InChI=1S/C13H28O2Si/c1-11(14)8-7-9-12(13(2,3)15)10-16(4,5)6/h9,11,14-15H,7-8,10H2,1-6H3/b12-9+. The Kier molecular flexibility index (Phi) is 5.94. The minimum atomic E-state index is -1.20. The summed E-state index contributed by atoms with van der Waals surface area (Å²) in [5.74, 6) is 0. The van der Waals surface area contributed by atoms with Gasteiger partial charge in [-0.25, -0.2) is 0 Å². The first-order chi connectivity index (χ1) is 7.02. The fourth-order valence-electron chi connectivity index (χ4n) is 1.61. The number of hydrogen-bond donors (Lipinski definition) is 2. The minimum absolute atomic E-state index is 0.258. The van der Waals surface area contributed by atoms with Crippen molar-refractivity contribution in [3.63, 3.8) is 0 Å². The molecular weight excluding hydrogens is 216 g/mol. The Labute approximate surface area is 101 Å². The summed E-state index contributed by atoms with van der Waals surface area (Å²) in [6.07, 6.45) is 3.48. The van der Waals surface area contributed by atoms with Gasteiger partial charge in [-0.2, -0.15) is 0 Å². The molecule has 0 heterocycles. The summed E-state index contributed by atoms with van der Waals surface area (Å²) >= 11 is 0. The molecule has 2 N–H and O–H groups in total. The van der Waals surface area contributed by atoms with Crippen LogP contribution in [0.5, 0.6) is 0 Å². The number of aliphatic hydroxyl groups is 2. The van der Waals surface area contributed by atoms with Crippen molar-refractivity contribution >= 4 is 8.07 Å². The second-order valence-corrected chi connectivity index (χ2v) is 11.9. The molecule has 0 fully saturated rings. The number of aliphatic hydroxyl groups excluding tert-OH is 1. The average molecular weight is 244 g/mol.